The molecule has 0 bridgehead atoms. The van der Waals surface area contributed by atoms with E-state index in [1.807, 2.05) is 26.0 Å². The molecule has 0 fully saturated rings. The Morgan fingerprint density at radius 3 is 2.59 bits per heavy atom. The van der Waals surface area contributed by atoms with Crippen LogP contribution >= 0.6 is 34.9 Å². The lowest BCUT2D eigenvalue weighted by Crippen LogP contribution is -2.16. The lowest BCUT2D eigenvalue weighted by molar-refractivity contribution is -0.113. The number of nitriles is 1. The highest BCUT2D eigenvalue weighted by atomic mass is 32.2. The van der Waals surface area contributed by atoms with Crippen LogP contribution in [0.5, 0.6) is 0 Å². The third kappa shape index (κ3) is 4.26. The summed E-state index contributed by atoms with van der Waals surface area (Å²) in [6, 6.07) is 3.82. The van der Waals surface area contributed by atoms with E-state index in [9.17, 15) is 4.79 Å². The molecular weight excluding hydrogens is 396 g/mol. The highest BCUT2D eigenvalue weighted by Gasteiger charge is 2.15. The van der Waals surface area contributed by atoms with Gasteiger partial charge in [0.2, 0.25) is 5.91 Å². The molecule has 2 heterocycles. The molecule has 5 nitrogen and oxygen atoms in total. The lowest BCUT2D eigenvalue weighted by atomic mass is 10.1. The first-order valence-corrected chi connectivity index (χ1v) is 10.8. The Bertz CT molecular complexity index is 1050. The molecular formula is C19H18N4OS3. The summed E-state index contributed by atoms with van der Waals surface area (Å²) >= 11 is 4.19. The van der Waals surface area contributed by atoms with Gasteiger partial charge in [-0.3, -0.25) is 4.79 Å². The van der Waals surface area contributed by atoms with E-state index in [0.717, 1.165) is 48.7 Å². The second-order valence-electron chi connectivity index (χ2n) is 6.10. The summed E-state index contributed by atoms with van der Waals surface area (Å²) in [6.07, 6.45) is 1.55. The molecule has 0 aliphatic rings. The number of carbonyl (C=O) groups excluding carboxylic acids is 1. The molecule has 1 aromatic carbocycles. The summed E-state index contributed by atoms with van der Waals surface area (Å²) in [5, 5.41) is 15.8. The van der Waals surface area contributed by atoms with Crippen LogP contribution in [0.25, 0.3) is 10.2 Å². The van der Waals surface area contributed by atoms with E-state index in [4.69, 9.17) is 5.26 Å². The molecule has 1 amide bonds. The molecule has 3 aromatic rings. The molecule has 138 valence electrons. The lowest BCUT2D eigenvalue weighted by Gasteiger charge is -2.13. The Kier molecular flexibility index (Phi) is 6.05. The van der Waals surface area contributed by atoms with Crippen molar-refractivity contribution in [3.8, 4) is 5.40 Å². The number of hydrogen-bond acceptors (Lipinski definition) is 7. The van der Waals surface area contributed by atoms with Crippen LogP contribution in [0.15, 0.2) is 28.4 Å². The molecule has 3 rings (SSSR count). The maximum atomic E-state index is 12.5. The van der Waals surface area contributed by atoms with Crippen molar-refractivity contribution in [1.29, 1.82) is 5.26 Å². The maximum Gasteiger partial charge on any atom is 0.234 e. The first kappa shape index (κ1) is 19.7. The molecule has 0 aliphatic carbocycles. The van der Waals surface area contributed by atoms with Crippen molar-refractivity contribution in [3.63, 3.8) is 0 Å². The van der Waals surface area contributed by atoms with E-state index < -0.39 is 0 Å². The third-order valence-electron chi connectivity index (χ3n) is 4.20. The zero-order chi connectivity index (χ0) is 19.6. The largest absolute Gasteiger partial charge is 0.325 e. The summed E-state index contributed by atoms with van der Waals surface area (Å²) in [4.78, 5) is 24.3. The molecule has 0 spiro atoms. The number of rotatable bonds is 5. The number of nitrogens with zero attached hydrogens (tertiary/aromatic N) is 3. The van der Waals surface area contributed by atoms with E-state index >= 15 is 0 Å². The van der Waals surface area contributed by atoms with Gasteiger partial charge >= 0.3 is 0 Å². The van der Waals surface area contributed by atoms with Crippen LogP contribution in [0.2, 0.25) is 0 Å². The van der Waals surface area contributed by atoms with Crippen molar-refractivity contribution in [2.45, 2.75) is 37.6 Å². The predicted molar refractivity (Wildman–Crippen MR) is 114 cm³/mol. The van der Waals surface area contributed by atoms with Crippen LogP contribution in [-0.4, -0.2) is 21.6 Å². The van der Waals surface area contributed by atoms with Crippen molar-refractivity contribution < 1.29 is 4.79 Å². The normalized spacial score (nSPS) is 10.8. The molecule has 0 atom stereocenters. The van der Waals surface area contributed by atoms with E-state index in [2.05, 4.69) is 34.5 Å². The Labute approximate surface area is 170 Å². The maximum absolute atomic E-state index is 12.5. The summed E-state index contributed by atoms with van der Waals surface area (Å²) < 4.78 is 0. The average Bonchev–Trinajstić information content (AvgIpc) is 2.91. The number of fused-ring (bicyclic) bond motifs is 1. The van der Waals surface area contributed by atoms with Crippen molar-refractivity contribution in [2.24, 2.45) is 0 Å². The minimum Gasteiger partial charge on any atom is -0.325 e. The van der Waals surface area contributed by atoms with Gasteiger partial charge in [-0.05, 0) is 68.3 Å². The SMILES string of the molecule is Cc1cc(SC#N)cc(C)c1NC(=O)CSc1ncnc2sc(C)c(C)c12. The number of aryl methyl sites for hydroxylation is 4. The molecule has 0 aliphatic heterocycles. The molecule has 0 unspecified atom stereocenters. The minimum absolute atomic E-state index is 0.0803. The van der Waals surface area contributed by atoms with Crippen LogP contribution in [0.1, 0.15) is 21.6 Å². The van der Waals surface area contributed by atoms with Gasteiger partial charge in [0.15, 0.2) is 0 Å². The fourth-order valence-corrected chi connectivity index (χ4v) is 5.30. The van der Waals surface area contributed by atoms with Gasteiger partial charge in [0.1, 0.15) is 21.6 Å². The predicted octanol–water partition coefficient (Wildman–Crippen LogP) is 5.23. The second-order valence-corrected chi connectivity index (χ2v) is 9.13. The number of aromatic nitrogens is 2. The standard InChI is InChI=1S/C19H18N4OS3/c1-10-5-14(26-8-20)6-11(2)17(10)23-15(24)7-25-18-16-12(3)13(4)27-19(16)22-9-21-18/h5-6,9H,7H2,1-4H3,(H,23,24). The highest BCUT2D eigenvalue weighted by molar-refractivity contribution is 8.03. The van der Waals surface area contributed by atoms with Gasteiger partial charge in [-0.2, -0.15) is 5.26 Å². The average molecular weight is 415 g/mol. The smallest absolute Gasteiger partial charge is 0.234 e. The molecule has 0 saturated carbocycles. The van der Waals surface area contributed by atoms with Gasteiger partial charge < -0.3 is 5.32 Å². The number of amides is 1. The second kappa shape index (κ2) is 8.30. The van der Waals surface area contributed by atoms with Gasteiger partial charge in [0.05, 0.1) is 5.75 Å². The molecule has 1 N–H and O–H groups in total. The van der Waals surface area contributed by atoms with Crippen LogP contribution in [0.3, 0.4) is 0 Å². The number of thiocyanates is 1. The van der Waals surface area contributed by atoms with E-state index in [0.29, 0.717) is 0 Å². The number of nitrogens with one attached hydrogen (secondary N) is 1. The fraction of sp³-hybridized carbons (Fsp3) is 0.263. The van der Waals surface area contributed by atoms with Gasteiger partial charge in [-0.1, -0.05) is 11.8 Å². The summed E-state index contributed by atoms with van der Waals surface area (Å²) in [5.41, 5.74) is 3.87. The number of thioether (sulfide) groups is 2. The van der Waals surface area contributed by atoms with Gasteiger partial charge in [-0.25, -0.2) is 9.97 Å². The summed E-state index contributed by atoms with van der Waals surface area (Å²) in [6.45, 7) is 8.00. The van der Waals surface area contributed by atoms with E-state index in [-0.39, 0.29) is 11.7 Å². The van der Waals surface area contributed by atoms with E-state index in [1.54, 1.807) is 17.7 Å². The Morgan fingerprint density at radius 1 is 1.22 bits per heavy atom. The van der Waals surface area contributed by atoms with Crippen molar-refractivity contribution >= 4 is 56.7 Å². The van der Waals surface area contributed by atoms with E-state index in [1.165, 1.54) is 22.2 Å². The number of thiophene rings is 1. The highest BCUT2D eigenvalue weighted by Crippen LogP contribution is 2.34. The van der Waals surface area contributed by atoms with Crippen LogP contribution in [-0.2, 0) is 4.79 Å². The first-order valence-electron chi connectivity index (χ1n) is 8.21. The van der Waals surface area contributed by atoms with Crippen molar-refractivity contribution in [1.82, 2.24) is 9.97 Å². The number of anilines is 1. The van der Waals surface area contributed by atoms with Crippen molar-refractivity contribution in [3.05, 3.63) is 40.0 Å². The zero-order valence-corrected chi connectivity index (χ0v) is 17.9. The molecule has 8 heteroatoms. The van der Waals surface area contributed by atoms with Crippen molar-refractivity contribution in [2.75, 3.05) is 11.1 Å². The quantitative estimate of drug-likeness (QED) is 0.350. The first-order chi connectivity index (χ1) is 12.9. The Balaban J connectivity index is 1.74. The summed E-state index contributed by atoms with van der Waals surface area (Å²) in [5.74, 6) is 0.192. The zero-order valence-electron chi connectivity index (χ0n) is 15.4. The Morgan fingerprint density at radius 2 is 1.93 bits per heavy atom. The number of benzene rings is 1. The molecule has 0 saturated heterocycles. The molecule has 2 aromatic heterocycles. The number of carbonyl (C=O) groups is 1. The monoisotopic (exact) mass is 414 g/mol. The topological polar surface area (TPSA) is 78.7 Å². The van der Waals surface area contributed by atoms with Gasteiger partial charge in [0.25, 0.3) is 0 Å². The fourth-order valence-electron chi connectivity index (χ4n) is 2.80. The Hall–Kier alpha value is -2.08. The minimum atomic E-state index is -0.0803. The van der Waals surface area contributed by atoms with Gasteiger partial charge in [-0.15, -0.1) is 11.3 Å². The molecule has 0 radical (unpaired) electrons. The summed E-state index contributed by atoms with van der Waals surface area (Å²) in [7, 11) is 0. The van der Waals surface area contributed by atoms with Crippen LogP contribution in [0, 0.1) is 38.4 Å². The van der Waals surface area contributed by atoms with Crippen LogP contribution < -0.4 is 5.32 Å². The van der Waals surface area contributed by atoms with Gasteiger partial charge in [0, 0.05) is 20.8 Å². The molecule has 27 heavy (non-hydrogen) atoms. The number of hydrogen-bond donors (Lipinski definition) is 1. The third-order valence-corrected chi connectivity index (χ3v) is 6.87. The van der Waals surface area contributed by atoms with Crippen LogP contribution in [0.4, 0.5) is 5.69 Å².